The number of nitrogens with one attached hydrogen (secondary N) is 1. The van der Waals surface area contributed by atoms with Crippen LogP contribution in [0, 0.1) is 13.8 Å². The van der Waals surface area contributed by atoms with E-state index in [-0.39, 0.29) is 23.5 Å². The van der Waals surface area contributed by atoms with Crippen LogP contribution in [0.2, 0.25) is 0 Å². The number of benzene rings is 1. The van der Waals surface area contributed by atoms with Gasteiger partial charge in [-0.3, -0.25) is 9.78 Å². The molecular formula is C19H25F3N4O2. The SMILES string of the molecule is CC(C)(C)N.Cc1cncc(C(=O)NCc2ccc(OC(F)(F)F)c(C)c2)n1. The summed E-state index contributed by atoms with van der Waals surface area (Å²) in [6.07, 6.45) is -1.86. The van der Waals surface area contributed by atoms with Gasteiger partial charge in [-0.1, -0.05) is 12.1 Å². The standard InChI is InChI=1S/C15H14F3N3O2.C4H11N/c1-9-5-11(3-4-13(9)23-15(16,17)18)7-20-14(22)12-8-19-6-10(2)21-12;1-4(2,3)5/h3-6,8H,7H2,1-2H3,(H,20,22);5H2,1-3H3. The van der Waals surface area contributed by atoms with E-state index in [9.17, 15) is 18.0 Å². The fraction of sp³-hybridized carbons (Fsp3) is 0.421. The molecule has 0 saturated carbocycles. The van der Waals surface area contributed by atoms with Gasteiger partial charge in [-0.2, -0.15) is 0 Å². The van der Waals surface area contributed by atoms with Crippen LogP contribution in [0.15, 0.2) is 30.6 Å². The van der Waals surface area contributed by atoms with Crippen molar-refractivity contribution < 1.29 is 22.7 Å². The van der Waals surface area contributed by atoms with Crippen molar-refractivity contribution in [2.45, 2.75) is 53.1 Å². The Hall–Kier alpha value is -2.68. The number of alkyl halides is 3. The van der Waals surface area contributed by atoms with Crippen molar-refractivity contribution in [3.8, 4) is 5.75 Å². The first-order valence-corrected chi connectivity index (χ1v) is 8.45. The maximum absolute atomic E-state index is 12.2. The molecule has 1 heterocycles. The van der Waals surface area contributed by atoms with Gasteiger partial charge < -0.3 is 15.8 Å². The molecule has 0 radical (unpaired) electrons. The third-order valence-corrected chi connectivity index (χ3v) is 2.91. The quantitative estimate of drug-likeness (QED) is 0.820. The summed E-state index contributed by atoms with van der Waals surface area (Å²) in [5.41, 5.74) is 7.11. The third kappa shape index (κ3) is 9.86. The number of hydrogen-bond acceptors (Lipinski definition) is 5. The zero-order valence-corrected chi connectivity index (χ0v) is 16.5. The molecule has 0 atom stereocenters. The molecule has 1 aromatic carbocycles. The van der Waals surface area contributed by atoms with E-state index >= 15 is 0 Å². The third-order valence-electron chi connectivity index (χ3n) is 2.91. The number of hydrogen-bond donors (Lipinski definition) is 2. The van der Waals surface area contributed by atoms with Crippen LogP contribution in [0.3, 0.4) is 0 Å². The van der Waals surface area contributed by atoms with Gasteiger partial charge in [0, 0.05) is 18.3 Å². The lowest BCUT2D eigenvalue weighted by Crippen LogP contribution is -2.26. The number of rotatable bonds is 4. The highest BCUT2D eigenvalue weighted by Crippen LogP contribution is 2.26. The molecule has 0 saturated heterocycles. The number of carbonyl (C=O) groups excluding carboxylic acids is 1. The summed E-state index contributed by atoms with van der Waals surface area (Å²) in [5.74, 6) is -0.674. The molecule has 1 amide bonds. The Balaban J connectivity index is 0.000000696. The first kappa shape index (κ1) is 23.4. The fourth-order valence-corrected chi connectivity index (χ4v) is 1.91. The molecule has 1 aromatic heterocycles. The second-order valence-corrected chi connectivity index (χ2v) is 7.24. The van der Waals surface area contributed by atoms with Crippen LogP contribution in [0.25, 0.3) is 0 Å². The zero-order valence-electron chi connectivity index (χ0n) is 16.5. The number of carbonyl (C=O) groups is 1. The topological polar surface area (TPSA) is 90.1 Å². The van der Waals surface area contributed by atoms with Crippen molar-refractivity contribution >= 4 is 5.91 Å². The first-order valence-electron chi connectivity index (χ1n) is 8.45. The number of amides is 1. The van der Waals surface area contributed by atoms with Gasteiger partial charge in [-0.05, 0) is 51.8 Å². The fourth-order valence-electron chi connectivity index (χ4n) is 1.91. The molecular weight excluding hydrogens is 373 g/mol. The minimum Gasteiger partial charge on any atom is -0.406 e. The molecule has 154 valence electrons. The smallest absolute Gasteiger partial charge is 0.406 e. The van der Waals surface area contributed by atoms with E-state index in [1.54, 1.807) is 6.92 Å². The van der Waals surface area contributed by atoms with E-state index in [2.05, 4.69) is 20.0 Å². The molecule has 0 fully saturated rings. The summed E-state index contributed by atoms with van der Waals surface area (Å²) in [6.45, 7) is 9.26. The average molecular weight is 398 g/mol. The van der Waals surface area contributed by atoms with E-state index in [0.29, 0.717) is 16.8 Å². The molecule has 0 bridgehead atoms. The summed E-state index contributed by atoms with van der Waals surface area (Å²) in [6, 6.07) is 4.19. The Kier molecular flexibility index (Phi) is 7.92. The van der Waals surface area contributed by atoms with E-state index in [4.69, 9.17) is 5.73 Å². The predicted octanol–water partition coefficient (Wildman–Crippen LogP) is 3.67. The lowest BCUT2D eigenvalue weighted by molar-refractivity contribution is -0.274. The Labute approximate surface area is 162 Å². The number of nitrogens with two attached hydrogens (primary N) is 1. The van der Waals surface area contributed by atoms with E-state index in [1.807, 2.05) is 20.8 Å². The molecule has 2 rings (SSSR count). The van der Waals surface area contributed by atoms with Crippen LogP contribution in [0.1, 0.15) is 48.1 Å². The van der Waals surface area contributed by atoms with Gasteiger partial charge in [-0.15, -0.1) is 13.2 Å². The summed E-state index contributed by atoms with van der Waals surface area (Å²) in [4.78, 5) is 19.8. The van der Waals surface area contributed by atoms with Crippen LogP contribution >= 0.6 is 0 Å². The van der Waals surface area contributed by atoms with E-state index < -0.39 is 12.3 Å². The second-order valence-electron chi connectivity index (χ2n) is 7.24. The summed E-state index contributed by atoms with van der Waals surface area (Å²) in [5, 5.41) is 2.63. The van der Waals surface area contributed by atoms with Crippen LogP contribution in [-0.4, -0.2) is 27.8 Å². The number of nitrogens with zero attached hydrogens (tertiary/aromatic N) is 2. The van der Waals surface area contributed by atoms with Crippen molar-refractivity contribution in [1.29, 1.82) is 0 Å². The molecule has 0 unspecified atom stereocenters. The van der Waals surface area contributed by atoms with Gasteiger partial charge >= 0.3 is 6.36 Å². The van der Waals surface area contributed by atoms with Gasteiger partial charge in [0.25, 0.3) is 5.91 Å². The molecule has 3 N–H and O–H groups in total. The minimum absolute atomic E-state index is 0. The van der Waals surface area contributed by atoms with E-state index in [0.717, 1.165) is 0 Å². The lowest BCUT2D eigenvalue weighted by Gasteiger charge is -2.12. The highest BCUT2D eigenvalue weighted by atomic mass is 19.4. The van der Waals surface area contributed by atoms with Crippen molar-refractivity contribution in [2.75, 3.05) is 0 Å². The molecule has 2 aromatic rings. The maximum Gasteiger partial charge on any atom is 0.573 e. The number of ether oxygens (including phenoxy) is 1. The monoisotopic (exact) mass is 398 g/mol. The van der Waals surface area contributed by atoms with Gasteiger partial charge in [0.1, 0.15) is 11.4 Å². The second kappa shape index (κ2) is 9.50. The lowest BCUT2D eigenvalue weighted by atomic mass is 10.1. The molecule has 28 heavy (non-hydrogen) atoms. The maximum atomic E-state index is 12.2. The molecule has 9 heteroatoms. The normalized spacial score (nSPS) is 11.3. The molecule has 0 aliphatic heterocycles. The highest BCUT2D eigenvalue weighted by Gasteiger charge is 2.31. The van der Waals surface area contributed by atoms with Crippen molar-refractivity contribution in [2.24, 2.45) is 5.73 Å². The molecule has 0 spiro atoms. The van der Waals surface area contributed by atoms with Crippen molar-refractivity contribution in [1.82, 2.24) is 15.3 Å². The van der Waals surface area contributed by atoms with Crippen LogP contribution < -0.4 is 15.8 Å². The van der Waals surface area contributed by atoms with Crippen LogP contribution in [-0.2, 0) is 6.54 Å². The highest BCUT2D eigenvalue weighted by molar-refractivity contribution is 5.91. The predicted molar refractivity (Wildman–Crippen MR) is 99.7 cm³/mol. The summed E-state index contributed by atoms with van der Waals surface area (Å²) >= 11 is 0. The number of halogens is 3. The van der Waals surface area contributed by atoms with Crippen LogP contribution in [0.5, 0.6) is 5.75 Å². The number of aryl methyl sites for hydroxylation is 2. The van der Waals surface area contributed by atoms with Gasteiger partial charge in [0.05, 0.1) is 11.9 Å². The number of aromatic nitrogens is 2. The van der Waals surface area contributed by atoms with E-state index in [1.165, 1.54) is 37.5 Å². The molecule has 0 aliphatic rings. The van der Waals surface area contributed by atoms with Gasteiger partial charge in [-0.25, -0.2) is 4.98 Å². The van der Waals surface area contributed by atoms with Crippen LogP contribution in [0.4, 0.5) is 13.2 Å². The van der Waals surface area contributed by atoms with Crippen molar-refractivity contribution in [3.63, 3.8) is 0 Å². The first-order chi connectivity index (χ1) is 12.7. The Morgan fingerprint density at radius 2 is 1.79 bits per heavy atom. The summed E-state index contributed by atoms with van der Waals surface area (Å²) in [7, 11) is 0. The average Bonchev–Trinajstić information content (AvgIpc) is 2.52. The summed E-state index contributed by atoms with van der Waals surface area (Å²) < 4.78 is 40.5. The van der Waals surface area contributed by atoms with Crippen molar-refractivity contribution in [3.05, 3.63) is 53.1 Å². The zero-order chi connectivity index (χ0) is 21.5. The van der Waals surface area contributed by atoms with Gasteiger partial charge in [0.15, 0.2) is 0 Å². The van der Waals surface area contributed by atoms with Gasteiger partial charge in [0.2, 0.25) is 0 Å². The Bertz CT molecular complexity index is 796. The minimum atomic E-state index is -4.73. The largest absolute Gasteiger partial charge is 0.573 e. The molecule has 0 aliphatic carbocycles. The molecule has 6 nitrogen and oxygen atoms in total. The Morgan fingerprint density at radius 3 is 2.29 bits per heavy atom. The Morgan fingerprint density at radius 1 is 1.18 bits per heavy atom.